The van der Waals surface area contributed by atoms with Crippen LogP contribution in [0.2, 0.25) is 0 Å². The molecule has 0 aliphatic carbocycles. The Morgan fingerprint density at radius 2 is 2.00 bits per heavy atom. The van der Waals surface area contributed by atoms with E-state index in [4.69, 9.17) is 10.5 Å². The Morgan fingerprint density at radius 1 is 1.40 bits per heavy atom. The second-order valence-electron chi connectivity index (χ2n) is 3.44. The van der Waals surface area contributed by atoms with Crippen molar-refractivity contribution in [3.05, 3.63) is 28.7 Å². The predicted octanol–water partition coefficient (Wildman–Crippen LogP) is 1.59. The van der Waals surface area contributed by atoms with Crippen molar-refractivity contribution in [2.75, 3.05) is 13.1 Å². The average molecular weight is 271 g/mol. The zero-order valence-electron chi connectivity index (χ0n) is 8.02. The fourth-order valence-electron chi connectivity index (χ4n) is 1.40. The molecule has 1 aromatic rings. The van der Waals surface area contributed by atoms with Gasteiger partial charge in [0.2, 0.25) is 0 Å². The van der Waals surface area contributed by atoms with Crippen LogP contribution in [0.5, 0.6) is 5.75 Å². The Labute approximate surface area is 96.1 Å². The molecule has 2 N–H and O–H groups in total. The van der Waals surface area contributed by atoms with Gasteiger partial charge in [-0.25, -0.2) is 4.79 Å². The maximum Gasteiger partial charge on any atom is 0.315 e. The highest BCUT2D eigenvalue weighted by Gasteiger charge is 2.30. The third-order valence-electron chi connectivity index (χ3n) is 2.28. The van der Waals surface area contributed by atoms with Crippen molar-refractivity contribution in [3.8, 4) is 5.75 Å². The summed E-state index contributed by atoms with van der Waals surface area (Å²) in [4.78, 5) is 12.3. The molecule has 0 unspecified atom stereocenters. The molecule has 0 saturated carbocycles. The van der Waals surface area contributed by atoms with Gasteiger partial charge < -0.3 is 15.4 Å². The van der Waals surface area contributed by atoms with E-state index in [1.807, 2.05) is 24.3 Å². The van der Waals surface area contributed by atoms with E-state index >= 15 is 0 Å². The first kappa shape index (κ1) is 10.3. The van der Waals surface area contributed by atoms with Crippen molar-refractivity contribution >= 4 is 22.0 Å². The topological polar surface area (TPSA) is 55.6 Å². The molecule has 0 spiro atoms. The van der Waals surface area contributed by atoms with Gasteiger partial charge in [0.15, 0.2) is 0 Å². The molecule has 0 atom stereocenters. The SMILES string of the molecule is NC(=O)N1CC(Oc2ccc(Br)cc2)C1. The van der Waals surface area contributed by atoms with Crippen molar-refractivity contribution in [1.29, 1.82) is 0 Å². The number of hydrogen-bond donors (Lipinski definition) is 1. The highest BCUT2D eigenvalue weighted by Crippen LogP contribution is 2.20. The highest BCUT2D eigenvalue weighted by atomic mass is 79.9. The molecule has 1 aliphatic rings. The third-order valence-corrected chi connectivity index (χ3v) is 2.80. The monoisotopic (exact) mass is 270 g/mol. The van der Waals surface area contributed by atoms with Crippen LogP contribution >= 0.6 is 15.9 Å². The third kappa shape index (κ3) is 2.41. The molecule has 1 fully saturated rings. The van der Waals surface area contributed by atoms with Crippen molar-refractivity contribution in [1.82, 2.24) is 4.90 Å². The van der Waals surface area contributed by atoms with Crippen molar-refractivity contribution in [3.63, 3.8) is 0 Å². The summed E-state index contributed by atoms with van der Waals surface area (Å²) < 4.78 is 6.63. The van der Waals surface area contributed by atoms with Gasteiger partial charge in [-0.1, -0.05) is 15.9 Å². The molecule has 0 bridgehead atoms. The number of rotatable bonds is 2. The highest BCUT2D eigenvalue weighted by molar-refractivity contribution is 9.10. The van der Waals surface area contributed by atoms with Gasteiger partial charge in [0.25, 0.3) is 0 Å². The Hall–Kier alpha value is -1.23. The second kappa shape index (κ2) is 4.10. The van der Waals surface area contributed by atoms with Gasteiger partial charge in [0, 0.05) is 4.47 Å². The van der Waals surface area contributed by atoms with Crippen LogP contribution < -0.4 is 10.5 Å². The van der Waals surface area contributed by atoms with E-state index in [-0.39, 0.29) is 12.1 Å². The minimum Gasteiger partial charge on any atom is -0.487 e. The molecule has 80 valence electrons. The van der Waals surface area contributed by atoms with Gasteiger partial charge in [-0.15, -0.1) is 0 Å². The molecular formula is C10H11BrN2O2. The number of benzene rings is 1. The molecule has 0 radical (unpaired) electrons. The number of halogens is 1. The van der Waals surface area contributed by atoms with Crippen LogP contribution in [-0.2, 0) is 0 Å². The van der Waals surface area contributed by atoms with Crippen molar-refractivity contribution in [2.45, 2.75) is 6.10 Å². The maximum atomic E-state index is 10.7. The first-order valence-corrected chi connectivity index (χ1v) is 5.41. The van der Waals surface area contributed by atoms with E-state index in [2.05, 4.69) is 15.9 Å². The van der Waals surface area contributed by atoms with Crippen LogP contribution in [0.15, 0.2) is 28.7 Å². The lowest BCUT2D eigenvalue weighted by molar-refractivity contribution is 0.0477. The van der Waals surface area contributed by atoms with E-state index in [9.17, 15) is 4.79 Å². The summed E-state index contributed by atoms with van der Waals surface area (Å²) in [7, 11) is 0. The molecule has 1 aliphatic heterocycles. The van der Waals surface area contributed by atoms with E-state index in [1.54, 1.807) is 4.90 Å². The zero-order valence-corrected chi connectivity index (χ0v) is 9.61. The van der Waals surface area contributed by atoms with E-state index in [0.29, 0.717) is 13.1 Å². The summed E-state index contributed by atoms with van der Waals surface area (Å²) in [5.41, 5.74) is 5.10. The van der Waals surface area contributed by atoms with Crippen LogP contribution in [0.3, 0.4) is 0 Å². The summed E-state index contributed by atoms with van der Waals surface area (Å²) >= 11 is 3.35. The van der Waals surface area contributed by atoms with Gasteiger partial charge in [0.1, 0.15) is 11.9 Å². The van der Waals surface area contributed by atoms with Crippen LogP contribution in [0, 0.1) is 0 Å². The number of hydrogen-bond acceptors (Lipinski definition) is 2. The summed E-state index contributed by atoms with van der Waals surface area (Å²) in [6.07, 6.45) is 0.0682. The first-order chi connectivity index (χ1) is 7.15. The average Bonchev–Trinajstić information content (AvgIpc) is 2.13. The number of ether oxygens (including phenoxy) is 1. The molecule has 5 heteroatoms. The number of carbonyl (C=O) groups excluding carboxylic acids is 1. The Balaban J connectivity index is 1.85. The Kier molecular flexibility index (Phi) is 2.81. The molecular weight excluding hydrogens is 260 g/mol. The summed E-state index contributed by atoms with van der Waals surface area (Å²) in [5.74, 6) is 0.812. The molecule has 15 heavy (non-hydrogen) atoms. The van der Waals surface area contributed by atoms with Gasteiger partial charge in [-0.05, 0) is 24.3 Å². The molecule has 0 aromatic heterocycles. The van der Waals surface area contributed by atoms with Crippen LogP contribution in [-0.4, -0.2) is 30.1 Å². The van der Waals surface area contributed by atoms with Crippen molar-refractivity contribution in [2.24, 2.45) is 5.73 Å². The molecule has 4 nitrogen and oxygen atoms in total. The van der Waals surface area contributed by atoms with Crippen molar-refractivity contribution < 1.29 is 9.53 Å². The van der Waals surface area contributed by atoms with Crippen LogP contribution in [0.1, 0.15) is 0 Å². The van der Waals surface area contributed by atoms with E-state index in [1.165, 1.54) is 0 Å². The first-order valence-electron chi connectivity index (χ1n) is 4.62. The van der Waals surface area contributed by atoms with E-state index < -0.39 is 0 Å². The number of primary amides is 1. The van der Waals surface area contributed by atoms with E-state index in [0.717, 1.165) is 10.2 Å². The Bertz CT molecular complexity index is 360. The number of nitrogens with two attached hydrogens (primary N) is 1. The minimum absolute atomic E-state index is 0.0682. The summed E-state index contributed by atoms with van der Waals surface area (Å²) in [6, 6.07) is 7.22. The molecule has 1 heterocycles. The molecule has 2 rings (SSSR count). The normalized spacial score (nSPS) is 15.9. The van der Waals surface area contributed by atoms with Crippen LogP contribution in [0.25, 0.3) is 0 Å². The van der Waals surface area contributed by atoms with Gasteiger partial charge in [-0.3, -0.25) is 0 Å². The van der Waals surface area contributed by atoms with Crippen LogP contribution in [0.4, 0.5) is 4.79 Å². The standard InChI is InChI=1S/C10H11BrN2O2/c11-7-1-3-8(4-2-7)15-9-5-13(6-9)10(12)14/h1-4,9H,5-6H2,(H2,12,14). The lowest BCUT2D eigenvalue weighted by atomic mass is 10.2. The Morgan fingerprint density at radius 3 is 2.53 bits per heavy atom. The summed E-state index contributed by atoms with van der Waals surface area (Å²) in [5, 5.41) is 0. The van der Waals surface area contributed by atoms with Gasteiger partial charge in [-0.2, -0.15) is 0 Å². The second-order valence-corrected chi connectivity index (χ2v) is 4.35. The molecule has 2 amide bonds. The summed E-state index contributed by atoms with van der Waals surface area (Å²) in [6.45, 7) is 1.15. The lowest BCUT2D eigenvalue weighted by Crippen LogP contribution is -2.57. The number of urea groups is 1. The fourth-order valence-corrected chi connectivity index (χ4v) is 1.66. The number of amides is 2. The fraction of sp³-hybridized carbons (Fsp3) is 0.300. The largest absolute Gasteiger partial charge is 0.487 e. The maximum absolute atomic E-state index is 10.7. The minimum atomic E-state index is -0.384. The van der Waals surface area contributed by atoms with Gasteiger partial charge in [0.05, 0.1) is 13.1 Å². The number of carbonyl (C=O) groups is 1. The number of likely N-dealkylation sites (tertiary alicyclic amines) is 1. The molecule has 1 aromatic carbocycles. The quantitative estimate of drug-likeness (QED) is 0.888. The molecule has 1 saturated heterocycles. The van der Waals surface area contributed by atoms with Gasteiger partial charge >= 0.3 is 6.03 Å². The number of nitrogens with zero attached hydrogens (tertiary/aromatic N) is 1. The zero-order chi connectivity index (χ0) is 10.8. The smallest absolute Gasteiger partial charge is 0.315 e. The lowest BCUT2D eigenvalue weighted by Gasteiger charge is -2.37. The predicted molar refractivity (Wildman–Crippen MR) is 59.7 cm³/mol.